The molecule has 4 saturated heterocycles. The average molecular weight is 943 g/mol. The van der Waals surface area contributed by atoms with Crippen molar-refractivity contribution in [2.24, 2.45) is 11.8 Å². The number of imidazole rings is 2. The van der Waals surface area contributed by atoms with E-state index in [1.54, 1.807) is 21.4 Å². The first-order chi connectivity index (χ1) is 32.1. The fourth-order valence-corrected chi connectivity index (χ4v) is 8.82. The molecule has 6 aromatic rings. The molecule has 0 amide bonds. The number of alkyl halides is 6. The zero-order valence-corrected chi connectivity index (χ0v) is 36.4. The molecule has 0 aromatic carbocycles. The molecule has 10 heterocycles. The van der Waals surface area contributed by atoms with Gasteiger partial charge in [-0.1, -0.05) is 13.8 Å². The Labute approximate surface area is 377 Å². The number of likely N-dealkylation sites (tertiary alicyclic amines) is 1. The minimum Gasteiger partial charge on any atom is -0.381 e. The van der Waals surface area contributed by atoms with Gasteiger partial charge in [0.2, 0.25) is 0 Å². The molecular formula is C42H48F6N14O5. The molecule has 4 unspecified atom stereocenters. The number of fused-ring (bicyclic) bond motifs is 2. The van der Waals surface area contributed by atoms with Gasteiger partial charge in [0.15, 0.2) is 23.1 Å². The van der Waals surface area contributed by atoms with E-state index in [4.69, 9.17) is 19.7 Å². The highest BCUT2D eigenvalue weighted by Gasteiger charge is 2.37. The Hall–Kier alpha value is -6.05. The molecule has 4 atom stereocenters. The number of carbonyl (C=O) groups excluding carboxylic acids is 1. The lowest BCUT2D eigenvalue weighted by Gasteiger charge is -2.21. The Kier molecular flexibility index (Phi) is 14.2. The number of nitrogens with one attached hydrogen (secondary N) is 3. The summed E-state index contributed by atoms with van der Waals surface area (Å²) in [7, 11) is 0. The fourth-order valence-electron chi connectivity index (χ4n) is 8.82. The van der Waals surface area contributed by atoms with E-state index in [1.807, 2.05) is 11.8 Å². The van der Waals surface area contributed by atoms with Gasteiger partial charge in [0, 0.05) is 82.1 Å². The summed E-state index contributed by atoms with van der Waals surface area (Å²) < 4.78 is 88.9. The van der Waals surface area contributed by atoms with Gasteiger partial charge in [-0.05, 0) is 56.2 Å². The summed E-state index contributed by atoms with van der Waals surface area (Å²) >= 11 is 0. The lowest BCUT2D eigenvalue weighted by molar-refractivity contribution is -0.142. The minimum absolute atomic E-state index is 0.0853. The van der Waals surface area contributed by atoms with Crippen LogP contribution < -0.4 is 16.4 Å². The van der Waals surface area contributed by atoms with Crippen LogP contribution in [0.1, 0.15) is 114 Å². The van der Waals surface area contributed by atoms with Crippen LogP contribution in [0, 0.1) is 11.8 Å². The number of nitrogens with zero attached hydrogens (tertiary/aromatic N) is 11. The molecule has 0 saturated carbocycles. The van der Waals surface area contributed by atoms with Crippen LogP contribution >= 0.6 is 0 Å². The maximum Gasteiger partial charge on any atom is 0.433 e. The maximum atomic E-state index is 13.0. The largest absolute Gasteiger partial charge is 0.433 e. The molecule has 358 valence electrons. The van der Waals surface area contributed by atoms with E-state index >= 15 is 0 Å². The van der Waals surface area contributed by atoms with E-state index in [1.165, 1.54) is 0 Å². The molecule has 0 aliphatic carbocycles. The lowest BCUT2D eigenvalue weighted by Crippen LogP contribution is -2.25. The molecule has 4 aliphatic heterocycles. The van der Waals surface area contributed by atoms with Crippen molar-refractivity contribution in [3.05, 3.63) is 104 Å². The van der Waals surface area contributed by atoms with Crippen molar-refractivity contribution in [3.63, 3.8) is 0 Å². The molecule has 67 heavy (non-hydrogen) atoms. The van der Waals surface area contributed by atoms with Crippen molar-refractivity contribution in [1.29, 1.82) is 0 Å². The highest BCUT2D eigenvalue weighted by molar-refractivity contribution is 5.68. The Morgan fingerprint density at radius 1 is 0.687 bits per heavy atom. The predicted octanol–water partition coefficient (Wildman–Crippen LogP) is 4.30. The van der Waals surface area contributed by atoms with Crippen molar-refractivity contribution < 1.29 is 40.6 Å². The smallest absolute Gasteiger partial charge is 0.381 e. The van der Waals surface area contributed by atoms with Crippen LogP contribution in [0.15, 0.2) is 46.5 Å². The highest BCUT2D eigenvalue weighted by atomic mass is 19.4. The van der Waals surface area contributed by atoms with Gasteiger partial charge < -0.3 is 24.8 Å². The summed E-state index contributed by atoms with van der Waals surface area (Å²) in [5.74, 6) is 3.89. The first-order valence-electron chi connectivity index (χ1n) is 21.9. The fraction of sp³-hybridized carbons (Fsp3) is 0.548. The average Bonchev–Trinajstić information content (AvgIpc) is 4.13. The van der Waals surface area contributed by atoms with Crippen molar-refractivity contribution in [2.75, 3.05) is 52.6 Å². The van der Waals surface area contributed by atoms with E-state index in [-0.39, 0.29) is 53.4 Å². The summed E-state index contributed by atoms with van der Waals surface area (Å²) in [5, 5.41) is 12.8. The molecule has 4 aliphatic rings. The third kappa shape index (κ3) is 10.9. The molecule has 0 bridgehead atoms. The Balaban J connectivity index is 0.000000153. The number of H-pyrrole nitrogens is 2. The van der Waals surface area contributed by atoms with Gasteiger partial charge in [-0.25, -0.2) is 38.9 Å². The van der Waals surface area contributed by atoms with Crippen molar-refractivity contribution >= 4 is 17.3 Å². The molecule has 3 N–H and O–H groups in total. The van der Waals surface area contributed by atoms with Gasteiger partial charge in [-0.3, -0.25) is 19.3 Å². The summed E-state index contributed by atoms with van der Waals surface area (Å²) in [6.07, 6.45) is -0.145. The van der Waals surface area contributed by atoms with E-state index in [0.29, 0.717) is 61.1 Å². The number of aromatic amines is 2. The van der Waals surface area contributed by atoms with Crippen LogP contribution in [0.5, 0.6) is 0 Å². The Bertz CT molecular complexity index is 2780. The number of aldehydes is 1. The van der Waals surface area contributed by atoms with E-state index < -0.39 is 29.6 Å². The molecule has 0 spiro atoms. The number of hydrogen-bond donors (Lipinski definition) is 3. The summed E-state index contributed by atoms with van der Waals surface area (Å²) in [6, 6.07) is 1.57. The third-order valence-electron chi connectivity index (χ3n) is 12.4. The van der Waals surface area contributed by atoms with Crippen molar-refractivity contribution in [1.82, 2.24) is 69.3 Å². The van der Waals surface area contributed by atoms with Crippen LogP contribution in [0.4, 0.5) is 26.3 Å². The van der Waals surface area contributed by atoms with Crippen molar-refractivity contribution in [3.8, 4) is 0 Å². The van der Waals surface area contributed by atoms with Gasteiger partial charge in [0.1, 0.15) is 40.5 Å². The Morgan fingerprint density at radius 3 is 1.72 bits per heavy atom. The molecule has 6 aromatic heterocycles. The maximum absolute atomic E-state index is 13.0. The molecule has 10 rings (SSSR count). The zero-order valence-electron chi connectivity index (χ0n) is 36.4. The van der Waals surface area contributed by atoms with Crippen LogP contribution in [0.3, 0.4) is 0 Å². The van der Waals surface area contributed by atoms with Crippen LogP contribution in [-0.4, -0.2) is 123 Å². The lowest BCUT2D eigenvalue weighted by atomic mass is 9.97. The predicted molar refractivity (Wildman–Crippen MR) is 224 cm³/mol. The second kappa shape index (κ2) is 20.0. The van der Waals surface area contributed by atoms with Gasteiger partial charge in [-0.2, -0.15) is 36.5 Å². The molecular weight excluding hydrogens is 895 g/mol. The number of halogens is 6. The first kappa shape index (κ1) is 47.4. The number of rotatable bonds is 7. The zero-order chi connectivity index (χ0) is 47.5. The number of carbonyl (C=O) groups is 1. The second-order valence-corrected chi connectivity index (χ2v) is 17.1. The molecule has 25 heteroatoms. The third-order valence-corrected chi connectivity index (χ3v) is 12.4. The van der Waals surface area contributed by atoms with Crippen LogP contribution in [0.25, 0.3) is 11.0 Å². The normalized spacial score (nSPS) is 22.1. The standard InChI is InChI=1S/C21H24F3N7O2.C15H21N5O2.C6H3F3N2O/c1-12-9-30(11-17-25-5-2-16(27-17)21(22,23)24)10-14(12)18-28-20(32)15-8-26-19(31(15)29-18)13-3-6-33-7-4-13;1-9-6-16-7-11(9)13-18-15(21)12-8-17-14(20(12)19-13)10-2-4-22-5-3-10;7-6(8,9)4-1-2-10-5(3-12)11-4/h2,5,8,12-14H,3-4,6-7,9-11H2,1H3,(H,28,29,32);8-11,16H,2-7H2,1H3,(H,18,19,21);1-3H. The monoisotopic (exact) mass is 942 g/mol. The SMILES string of the molecule is CC1CN(Cc2nccc(C(F)(F)F)n2)CC1c1nn2c(C3CCOCC3)ncc2c(=O)[nH]1.CC1CNCC1c1nn2c(C3CCOCC3)ncc2c(=O)[nH]1.O=Cc1nccc(C(F)(F)F)n1. The summed E-state index contributed by atoms with van der Waals surface area (Å²) in [5.41, 5.74) is -1.48. The quantitative estimate of drug-likeness (QED) is 0.150. The van der Waals surface area contributed by atoms with Crippen LogP contribution in [0.2, 0.25) is 0 Å². The topological polar surface area (TPSA) is 228 Å². The van der Waals surface area contributed by atoms with Gasteiger partial charge in [0.25, 0.3) is 11.1 Å². The van der Waals surface area contributed by atoms with Gasteiger partial charge in [-0.15, -0.1) is 0 Å². The van der Waals surface area contributed by atoms with Gasteiger partial charge >= 0.3 is 12.4 Å². The van der Waals surface area contributed by atoms with E-state index in [2.05, 4.69) is 52.1 Å². The Morgan fingerprint density at radius 2 is 1.21 bits per heavy atom. The second-order valence-electron chi connectivity index (χ2n) is 17.1. The van der Waals surface area contributed by atoms with Crippen LogP contribution in [-0.2, 0) is 28.4 Å². The van der Waals surface area contributed by atoms with Crippen molar-refractivity contribution in [2.45, 2.75) is 82.1 Å². The summed E-state index contributed by atoms with van der Waals surface area (Å²) in [6.45, 7) is 10.2. The molecule has 19 nitrogen and oxygen atoms in total. The molecule has 4 fully saturated rings. The number of ether oxygens (including phenoxy) is 2. The van der Waals surface area contributed by atoms with E-state index in [0.717, 1.165) is 87.9 Å². The first-order valence-corrected chi connectivity index (χ1v) is 21.9. The number of aromatic nitrogens is 12. The van der Waals surface area contributed by atoms with E-state index in [9.17, 15) is 40.7 Å². The summed E-state index contributed by atoms with van der Waals surface area (Å²) in [4.78, 5) is 65.8. The molecule has 0 radical (unpaired) electrons. The number of hydrogen-bond acceptors (Lipinski definition) is 15. The highest BCUT2D eigenvalue weighted by Crippen LogP contribution is 2.33. The minimum atomic E-state index is -4.53. The van der Waals surface area contributed by atoms with Gasteiger partial charge in [0.05, 0.1) is 18.9 Å².